The zero-order valence-electron chi connectivity index (χ0n) is 13.0. The number of rotatable bonds is 7. The van der Waals surface area contributed by atoms with E-state index in [-0.39, 0.29) is 0 Å². The first kappa shape index (κ1) is 16.0. The number of allylic oxidation sites excluding steroid dienone is 1. The lowest BCUT2D eigenvalue weighted by atomic mass is 9.89. The monoisotopic (exact) mass is 260 g/mol. The van der Waals surface area contributed by atoms with E-state index in [1.807, 2.05) is 6.07 Å². The van der Waals surface area contributed by atoms with Crippen molar-refractivity contribution in [2.75, 3.05) is 0 Å². The van der Waals surface area contributed by atoms with Gasteiger partial charge in [-0.05, 0) is 31.7 Å². The molecule has 1 rings (SSSR count). The molecule has 1 nitrogen and oxygen atoms in total. The first-order valence-corrected chi connectivity index (χ1v) is 7.35. The molecule has 0 heterocycles. The maximum Gasteiger partial charge on any atom is 0.0721 e. The largest absolute Gasteiger partial charge is 0.373 e. The van der Waals surface area contributed by atoms with E-state index in [1.54, 1.807) is 0 Å². The Labute approximate surface area is 118 Å². The van der Waals surface area contributed by atoms with Gasteiger partial charge in [-0.3, -0.25) is 0 Å². The van der Waals surface area contributed by atoms with Crippen molar-refractivity contribution in [3.63, 3.8) is 0 Å². The second-order valence-electron chi connectivity index (χ2n) is 5.82. The van der Waals surface area contributed by atoms with E-state index in [9.17, 15) is 0 Å². The van der Waals surface area contributed by atoms with Gasteiger partial charge < -0.3 is 4.74 Å². The van der Waals surface area contributed by atoms with Gasteiger partial charge in [0.2, 0.25) is 0 Å². The van der Waals surface area contributed by atoms with Crippen LogP contribution in [0.4, 0.5) is 0 Å². The summed E-state index contributed by atoms with van der Waals surface area (Å²) >= 11 is 0. The molecule has 19 heavy (non-hydrogen) atoms. The second kappa shape index (κ2) is 8.16. The quantitative estimate of drug-likeness (QED) is 0.611. The molecule has 0 bridgehead atoms. The van der Waals surface area contributed by atoms with Crippen molar-refractivity contribution in [3.05, 3.63) is 47.5 Å². The van der Waals surface area contributed by atoms with Crippen molar-refractivity contribution in [1.82, 2.24) is 0 Å². The van der Waals surface area contributed by atoms with Crippen LogP contribution in [0, 0.1) is 11.8 Å². The lowest BCUT2D eigenvalue weighted by Crippen LogP contribution is -2.28. The summed E-state index contributed by atoms with van der Waals surface area (Å²) in [5.41, 5.74) is 2.63. The molecule has 0 spiro atoms. The molecule has 106 valence electrons. The molecule has 2 atom stereocenters. The van der Waals surface area contributed by atoms with Crippen LogP contribution in [0.1, 0.15) is 46.6 Å². The fourth-order valence-electron chi connectivity index (χ4n) is 2.45. The maximum atomic E-state index is 6.20. The Morgan fingerprint density at radius 2 is 1.79 bits per heavy atom. The topological polar surface area (TPSA) is 9.23 Å². The van der Waals surface area contributed by atoms with Crippen LogP contribution in [0.2, 0.25) is 0 Å². The van der Waals surface area contributed by atoms with Gasteiger partial charge in [-0.1, -0.05) is 62.8 Å². The van der Waals surface area contributed by atoms with Crippen LogP contribution in [0.15, 0.2) is 42.0 Å². The van der Waals surface area contributed by atoms with E-state index in [0.717, 1.165) is 6.42 Å². The third-order valence-electron chi connectivity index (χ3n) is 3.38. The summed E-state index contributed by atoms with van der Waals surface area (Å²) in [7, 11) is 0. The summed E-state index contributed by atoms with van der Waals surface area (Å²) in [6, 6.07) is 10.4. The van der Waals surface area contributed by atoms with Gasteiger partial charge in [-0.2, -0.15) is 0 Å². The molecule has 0 unspecified atom stereocenters. The molecule has 0 N–H and O–H groups in total. The SMILES string of the molecule is CC[C@@H](C=C(C)C)[C@@H](OCc1ccccc1)C(C)C. The zero-order valence-corrected chi connectivity index (χ0v) is 13.0. The Hall–Kier alpha value is -1.08. The minimum atomic E-state index is 0.292. The smallest absolute Gasteiger partial charge is 0.0721 e. The fraction of sp³-hybridized carbons (Fsp3) is 0.556. The number of hydrogen-bond donors (Lipinski definition) is 0. The molecule has 0 aromatic heterocycles. The predicted molar refractivity (Wildman–Crippen MR) is 83.1 cm³/mol. The van der Waals surface area contributed by atoms with Crippen LogP contribution in [-0.2, 0) is 11.3 Å². The highest BCUT2D eigenvalue weighted by molar-refractivity contribution is 5.13. The maximum absolute atomic E-state index is 6.20. The normalized spacial score (nSPS) is 14.2. The molecular weight excluding hydrogens is 232 g/mol. The van der Waals surface area contributed by atoms with Crippen LogP contribution < -0.4 is 0 Å². The highest BCUT2D eigenvalue weighted by Crippen LogP contribution is 2.23. The van der Waals surface area contributed by atoms with Gasteiger partial charge in [0.15, 0.2) is 0 Å². The Kier molecular flexibility index (Phi) is 6.86. The van der Waals surface area contributed by atoms with Gasteiger partial charge in [0.1, 0.15) is 0 Å². The van der Waals surface area contributed by atoms with E-state index >= 15 is 0 Å². The van der Waals surface area contributed by atoms with Crippen molar-refractivity contribution in [1.29, 1.82) is 0 Å². The van der Waals surface area contributed by atoms with Gasteiger partial charge in [0.25, 0.3) is 0 Å². The summed E-state index contributed by atoms with van der Waals surface area (Å²) in [6.45, 7) is 11.8. The van der Waals surface area contributed by atoms with Gasteiger partial charge >= 0.3 is 0 Å². The molecule has 1 aromatic carbocycles. The molecule has 0 fully saturated rings. The molecular formula is C18H28O. The predicted octanol–water partition coefficient (Wildman–Crippen LogP) is 5.22. The average molecular weight is 260 g/mol. The molecule has 0 aliphatic rings. The summed E-state index contributed by atoms with van der Waals surface area (Å²) < 4.78 is 6.20. The molecule has 1 heteroatoms. The number of hydrogen-bond acceptors (Lipinski definition) is 1. The standard InChI is InChI=1S/C18H28O/c1-6-17(12-14(2)3)18(15(4)5)19-13-16-10-8-7-9-11-16/h7-12,15,17-18H,6,13H2,1-5H3/t17-,18-/m0/s1. The van der Waals surface area contributed by atoms with Crippen LogP contribution in [-0.4, -0.2) is 6.10 Å². The Morgan fingerprint density at radius 1 is 1.16 bits per heavy atom. The van der Waals surface area contributed by atoms with E-state index in [1.165, 1.54) is 11.1 Å². The van der Waals surface area contributed by atoms with Gasteiger partial charge in [-0.15, -0.1) is 0 Å². The van der Waals surface area contributed by atoms with Crippen molar-refractivity contribution >= 4 is 0 Å². The molecule has 0 saturated heterocycles. The Morgan fingerprint density at radius 3 is 2.26 bits per heavy atom. The first-order valence-electron chi connectivity index (χ1n) is 7.35. The molecule has 0 aliphatic heterocycles. The third-order valence-corrected chi connectivity index (χ3v) is 3.38. The van der Waals surface area contributed by atoms with Crippen LogP contribution in [0.25, 0.3) is 0 Å². The first-order chi connectivity index (χ1) is 9.04. The zero-order chi connectivity index (χ0) is 14.3. The van der Waals surface area contributed by atoms with Crippen molar-refractivity contribution in [3.8, 4) is 0 Å². The Bertz CT molecular complexity index is 374. The number of ether oxygens (including phenoxy) is 1. The molecule has 0 amide bonds. The van der Waals surface area contributed by atoms with Crippen LogP contribution in [0.3, 0.4) is 0 Å². The van der Waals surface area contributed by atoms with Gasteiger partial charge in [0.05, 0.1) is 12.7 Å². The van der Waals surface area contributed by atoms with E-state index in [4.69, 9.17) is 4.74 Å². The van der Waals surface area contributed by atoms with E-state index in [2.05, 4.69) is 65.0 Å². The van der Waals surface area contributed by atoms with E-state index < -0.39 is 0 Å². The second-order valence-corrected chi connectivity index (χ2v) is 5.82. The van der Waals surface area contributed by atoms with Crippen molar-refractivity contribution < 1.29 is 4.74 Å². The summed E-state index contributed by atoms with van der Waals surface area (Å²) in [5, 5.41) is 0. The fourth-order valence-corrected chi connectivity index (χ4v) is 2.45. The minimum Gasteiger partial charge on any atom is -0.373 e. The highest BCUT2D eigenvalue weighted by Gasteiger charge is 2.22. The number of benzene rings is 1. The third kappa shape index (κ3) is 5.61. The lowest BCUT2D eigenvalue weighted by molar-refractivity contribution is -0.0169. The molecule has 0 aliphatic carbocycles. The highest BCUT2D eigenvalue weighted by atomic mass is 16.5. The van der Waals surface area contributed by atoms with Crippen molar-refractivity contribution in [2.45, 2.75) is 53.8 Å². The van der Waals surface area contributed by atoms with Crippen molar-refractivity contribution in [2.24, 2.45) is 11.8 Å². The van der Waals surface area contributed by atoms with E-state index in [0.29, 0.717) is 24.5 Å². The van der Waals surface area contributed by atoms with Crippen LogP contribution in [0.5, 0.6) is 0 Å². The van der Waals surface area contributed by atoms with Gasteiger partial charge in [0, 0.05) is 5.92 Å². The Balaban J connectivity index is 2.69. The van der Waals surface area contributed by atoms with Crippen LogP contribution >= 0.6 is 0 Å². The molecule has 0 radical (unpaired) electrons. The molecule has 1 aromatic rings. The summed E-state index contributed by atoms with van der Waals surface area (Å²) in [6.07, 6.45) is 3.78. The minimum absolute atomic E-state index is 0.292. The molecule has 0 saturated carbocycles. The lowest BCUT2D eigenvalue weighted by Gasteiger charge is -2.28. The summed E-state index contributed by atoms with van der Waals surface area (Å²) in [5.74, 6) is 1.04. The summed E-state index contributed by atoms with van der Waals surface area (Å²) in [4.78, 5) is 0. The van der Waals surface area contributed by atoms with Gasteiger partial charge in [-0.25, -0.2) is 0 Å². The average Bonchev–Trinajstić information content (AvgIpc) is 2.38.